The van der Waals surface area contributed by atoms with E-state index >= 15 is 0 Å². The van der Waals surface area contributed by atoms with E-state index < -0.39 is 28.8 Å². The second kappa shape index (κ2) is 6.10. The van der Waals surface area contributed by atoms with Gasteiger partial charge in [-0.3, -0.25) is 4.79 Å². The molecule has 0 atom stereocenters. The van der Waals surface area contributed by atoms with E-state index in [4.69, 9.17) is 15.2 Å². The summed E-state index contributed by atoms with van der Waals surface area (Å²) in [5.74, 6) is -3.15. The van der Waals surface area contributed by atoms with Crippen molar-refractivity contribution in [2.24, 2.45) is 5.73 Å². The number of hydrogen-bond acceptors (Lipinski definition) is 6. The smallest absolute Gasteiger partial charge is 0.248 e. The van der Waals surface area contributed by atoms with Crippen molar-refractivity contribution < 1.29 is 28.9 Å². The molecule has 1 aliphatic rings. The van der Waals surface area contributed by atoms with Crippen LogP contribution in [0.2, 0.25) is 0 Å². The van der Waals surface area contributed by atoms with E-state index in [2.05, 4.69) is 4.98 Å². The van der Waals surface area contributed by atoms with E-state index in [1.165, 1.54) is 19.2 Å². The van der Waals surface area contributed by atoms with Gasteiger partial charge in [-0.1, -0.05) is 0 Å². The van der Waals surface area contributed by atoms with E-state index in [1.54, 1.807) is 16.7 Å². The van der Waals surface area contributed by atoms with Gasteiger partial charge >= 0.3 is 0 Å². The van der Waals surface area contributed by atoms with Gasteiger partial charge in [0.2, 0.25) is 11.7 Å². The molecule has 1 saturated heterocycles. The fourth-order valence-electron chi connectivity index (χ4n) is 3.41. The molecule has 0 unspecified atom stereocenters. The number of methoxy groups -OCH3 is 1. The lowest BCUT2D eigenvalue weighted by Crippen LogP contribution is -2.49. The molecule has 4 rings (SSSR count). The van der Waals surface area contributed by atoms with Gasteiger partial charge in [-0.2, -0.15) is 0 Å². The summed E-state index contributed by atoms with van der Waals surface area (Å²) in [6.07, 6.45) is 0. The monoisotopic (exact) mass is 387 g/mol. The van der Waals surface area contributed by atoms with Gasteiger partial charge in [0.15, 0.2) is 17.3 Å². The maximum atomic E-state index is 14.9. The van der Waals surface area contributed by atoms with Crippen molar-refractivity contribution in [3.05, 3.63) is 35.6 Å². The summed E-state index contributed by atoms with van der Waals surface area (Å²) in [4.78, 5) is 16.1. The molecule has 146 valence electrons. The summed E-state index contributed by atoms with van der Waals surface area (Å²) in [7, 11) is 1.29. The Kier molecular flexibility index (Phi) is 3.93. The highest BCUT2D eigenvalue weighted by Crippen LogP contribution is 2.44. The molecule has 3 aromatic rings. The Labute approximate surface area is 158 Å². The summed E-state index contributed by atoms with van der Waals surface area (Å²) in [5, 5.41) is 19.8. The molecular formula is C19H18FN3O5. The molecule has 8 nitrogen and oxygen atoms in total. The van der Waals surface area contributed by atoms with Crippen LogP contribution in [-0.2, 0) is 10.3 Å². The number of nitrogens with zero attached hydrogens (tertiary/aromatic N) is 2. The minimum Gasteiger partial charge on any atom is -0.502 e. The number of amides is 1. The first-order chi connectivity index (χ1) is 13.3. The predicted molar refractivity (Wildman–Crippen MR) is 98.0 cm³/mol. The standard InChI is InChI=1S/C19H18FN3O5/c1-19(7-28-8-19)23-12-5-9(17(21)26)3-4-11(12)22-18(23)10-6-13(27-2)15(24)16(25)14(10)20/h3-6,24-25H,7-8H2,1-2H3,(H2,21,26). The highest BCUT2D eigenvalue weighted by Gasteiger charge is 2.39. The average molecular weight is 387 g/mol. The maximum absolute atomic E-state index is 14.9. The molecule has 28 heavy (non-hydrogen) atoms. The molecule has 0 saturated carbocycles. The molecule has 1 fully saturated rings. The number of aromatic hydroxyl groups is 2. The maximum Gasteiger partial charge on any atom is 0.248 e. The first-order valence-corrected chi connectivity index (χ1v) is 8.46. The number of nitrogens with two attached hydrogens (primary N) is 1. The number of halogens is 1. The van der Waals surface area contributed by atoms with Crippen LogP contribution in [0.25, 0.3) is 22.4 Å². The Bertz CT molecular complexity index is 1120. The normalized spacial score (nSPS) is 15.4. The van der Waals surface area contributed by atoms with Crippen LogP contribution in [-0.4, -0.2) is 46.0 Å². The number of primary amides is 1. The van der Waals surface area contributed by atoms with Crippen molar-refractivity contribution >= 4 is 16.9 Å². The Morgan fingerprint density at radius 3 is 2.61 bits per heavy atom. The fourth-order valence-corrected chi connectivity index (χ4v) is 3.41. The van der Waals surface area contributed by atoms with Crippen molar-refractivity contribution in [1.29, 1.82) is 0 Å². The van der Waals surface area contributed by atoms with Crippen LogP contribution in [0, 0.1) is 5.82 Å². The van der Waals surface area contributed by atoms with Crippen molar-refractivity contribution in [3.8, 4) is 28.6 Å². The third-order valence-corrected chi connectivity index (χ3v) is 4.94. The van der Waals surface area contributed by atoms with Crippen LogP contribution in [0.15, 0.2) is 24.3 Å². The van der Waals surface area contributed by atoms with Gasteiger partial charge in [0.05, 0.1) is 42.5 Å². The zero-order valence-corrected chi connectivity index (χ0v) is 15.2. The Balaban J connectivity index is 2.07. The number of fused-ring (bicyclic) bond motifs is 1. The highest BCUT2D eigenvalue weighted by molar-refractivity contribution is 5.97. The van der Waals surface area contributed by atoms with Gasteiger partial charge in [-0.15, -0.1) is 0 Å². The quantitative estimate of drug-likeness (QED) is 0.590. The third-order valence-electron chi connectivity index (χ3n) is 4.94. The number of aromatic nitrogens is 2. The first-order valence-electron chi connectivity index (χ1n) is 8.46. The van der Waals surface area contributed by atoms with E-state index in [0.29, 0.717) is 24.2 Å². The van der Waals surface area contributed by atoms with Gasteiger partial charge in [0.1, 0.15) is 5.82 Å². The lowest BCUT2D eigenvalue weighted by atomic mass is 9.98. The highest BCUT2D eigenvalue weighted by atomic mass is 19.1. The number of carbonyl (C=O) groups is 1. The van der Waals surface area contributed by atoms with Crippen LogP contribution in [0.1, 0.15) is 17.3 Å². The molecule has 2 heterocycles. The van der Waals surface area contributed by atoms with Gasteiger partial charge < -0.3 is 30.0 Å². The van der Waals surface area contributed by atoms with Gasteiger partial charge in [0.25, 0.3) is 0 Å². The number of phenolic OH excluding ortho intramolecular Hbond substituents is 2. The average Bonchev–Trinajstić information content (AvgIpc) is 3.03. The molecule has 1 aliphatic heterocycles. The Morgan fingerprint density at radius 1 is 1.32 bits per heavy atom. The fraction of sp³-hybridized carbons (Fsp3) is 0.263. The molecule has 0 aliphatic carbocycles. The minimum atomic E-state index is -1.03. The number of ether oxygens (including phenoxy) is 2. The van der Waals surface area contributed by atoms with Gasteiger partial charge in [-0.05, 0) is 31.2 Å². The second-order valence-electron chi connectivity index (χ2n) is 6.97. The van der Waals surface area contributed by atoms with E-state index in [1.807, 2.05) is 6.92 Å². The van der Waals surface area contributed by atoms with Crippen molar-refractivity contribution in [3.63, 3.8) is 0 Å². The van der Waals surface area contributed by atoms with E-state index in [0.717, 1.165) is 0 Å². The molecule has 0 radical (unpaired) electrons. The van der Waals surface area contributed by atoms with Crippen LogP contribution in [0.4, 0.5) is 4.39 Å². The van der Waals surface area contributed by atoms with Crippen molar-refractivity contribution in [1.82, 2.24) is 9.55 Å². The molecule has 2 aromatic carbocycles. The number of hydrogen-bond donors (Lipinski definition) is 3. The number of carbonyl (C=O) groups excluding carboxylic acids is 1. The molecule has 1 aromatic heterocycles. The lowest BCUT2D eigenvalue weighted by molar-refractivity contribution is -0.0868. The summed E-state index contributed by atoms with van der Waals surface area (Å²) >= 11 is 0. The van der Waals surface area contributed by atoms with Gasteiger partial charge in [-0.25, -0.2) is 9.37 Å². The van der Waals surface area contributed by atoms with E-state index in [9.17, 15) is 19.4 Å². The SMILES string of the molecule is COc1cc(-c2nc3ccc(C(N)=O)cc3n2C2(C)COC2)c(F)c(O)c1O. The molecular weight excluding hydrogens is 369 g/mol. The minimum absolute atomic E-state index is 0.0582. The second-order valence-corrected chi connectivity index (χ2v) is 6.97. The summed E-state index contributed by atoms with van der Waals surface area (Å²) in [5.41, 5.74) is 6.16. The molecule has 4 N–H and O–H groups in total. The number of phenols is 2. The zero-order chi connectivity index (χ0) is 20.2. The van der Waals surface area contributed by atoms with Crippen molar-refractivity contribution in [2.45, 2.75) is 12.5 Å². The van der Waals surface area contributed by atoms with Crippen molar-refractivity contribution in [2.75, 3.05) is 20.3 Å². The van der Waals surface area contributed by atoms with Gasteiger partial charge in [0, 0.05) is 5.56 Å². The molecule has 0 spiro atoms. The molecule has 1 amide bonds. The largest absolute Gasteiger partial charge is 0.502 e. The van der Waals surface area contributed by atoms with E-state index in [-0.39, 0.29) is 22.7 Å². The van der Waals surface area contributed by atoms with Crippen LogP contribution in [0.3, 0.4) is 0 Å². The summed E-state index contributed by atoms with van der Waals surface area (Å²) < 4.78 is 27.0. The molecule has 0 bridgehead atoms. The number of benzene rings is 2. The number of rotatable bonds is 4. The van der Waals surface area contributed by atoms with Crippen LogP contribution < -0.4 is 10.5 Å². The topological polar surface area (TPSA) is 120 Å². The van der Waals surface area contributed by atoms with Crippen LogP contribution >= 0.6 is 0 Å². The summed E-state index contributed by atoms with van der Waals surface area (Å²) in [6.45, 7) is 2.62. The Hall–Kier alpha value is -3.33. The zero-order valence-electron chi connectivity index (χ0n) is 15.2. The summed E-state index contributed by atoms with van der Waals surface area (Å²) in [6, 6.07) is 6.01. The Morgan fingerprint density at radius 2 is 2.04 bits per heavy atom. The predicted octanol–water partition coefficient (Wildman–Crippen LogP) is 2.11. The third kappa shape index (κ3) is 2.47. The lowest BCUT2D eigenvalue weighted by Gasteiger charge is -2.40. The van der Waals surface area contributed by atoms with Crippen LogP contribution in [0.5, 0.6) is 17.2 Å². The first kappa shape index (κ1) is 18.1. The number of imidazole rings is 1. The molecule has 9 heteroatoms.